The molecule has 7 nitrogen and oxygen atoms in total. The molecule has 2 N–H and O–H groups in total. The fourth-order valence-corrected chi connectivity index (χ4v) is 4.74. The summed E-state index contributed by atoms with van der Waals surface area (Å²) in [6, 6.07) is 11.5. The number of halogens is 1. The molecule has 0 amide bonds. The molecule has 1 aliphatic rings. The maximum absolute atomic E-state index is 11.6. The molecule has 0 aromatic heterocycles. The number of hydrogen-bond donors (Lipinski definition) is 2. The highest BCUT2D eigenvalue weighted by Crippen LogP contribution is 2.19. The summed E-state index contributed by atoms with van der Waals surface area (Å²) in [6.07, 6.45) is 4.16. The lowest BCUT2D eigenvalue weighted by Gasteiger charge is -2.38. The van der Waals surface area contributed by atoms with Gasteiger partial charge in [0.05, 0.1) is 6.26 Å². The summed E-state index contributed by atoms with van der Waals surface area (Å²) in [5.41, 5.74) is 1.36. The van der Waals surface area contributed by atoms with Gasteiger partial charge in [-0.05, 0) is 31.7 Å². The lowest BCUT2D eigenvalue weighted by molar-refractivity contribution is 0.134. The first-order valence-corrected chi connectivity index (χ1v) is 12.4. The molecule has 2 unspecified atom stereocenters. The van der Waals surface area contributed by atoms with Gasteiger partial charge in [0.2, 0.25) is 10.0 Å². The Morgan fingerprint density at radius 2 is 2.00 bits per heavy atom. The van der Waals surface area contributed by atoms with E-state index < -0.39 is 10.0 Å². The van der Waals surface area contributed by atoms with E-state index in [9.17, 15) is 8.42 Å². The van der Waals surface area contributed by atoms with E-state index in [2.05, 4.69) is 57.8 Å². The topological polar surface area (TPSA) is 77.0 Å². The van der Waals surface area contributed by atoms with E-state index in [1.54, 1.807) is 7.05 Å². The third kappa shape index (κ3) is 9.07. The number of likely N-dealkylation sites (tertiary alicyclic amines) is 1. The van der Waals surface area contributed by atoms with E-state index in [4.69, 9.17) is 0 Å². The quantitative estimate of drug-likeness (QED) is 0.214. The Bertz CT molecular complexity index is 745. The summed E-state index contributed by atoms with van der Waals surface area (Å²) in [5.74, 6) is 0.793. The minimum atomic E-state index is -3.12. The molecular weight excluding hydrogens is 513 g/mol. The summed E-state index contributed by atoms with van der Waals surface area (Å²) in [7, 11) is -1.35. The lowest BCUT2D eigenvalue weighted by Crippen LogP contribution is -2.51. The maximum atomic E-state index is 11.6. The van der Waals surface area contributed by atoms with Crippen LogP contribution in [0.25, 0.3) is 0 Å². The molecule has 0 spiro atoms. The first-order valence-electron chi connectivity index (χ1n) is 10.5. The maximum Gasteiger partial charge on any atom is 0.211 e. The van der Waals surface area contributed by atoms with Gasteiger partial charge >= 0.3 is 0 Å². The third-order valence-electron chi connectivity index (χ3n) is 5.51. The molecule has 1 aromatic carbocycles. The van der Waals surface area contributed by atoms with Crippen LogP contribution in [0, 0.1) is 0 Å². The van der Waals surface area contributed by atoms with Crippen LogP contribution >= 0.6 is 24.0 Å². The molecule has 1 aliphatic heterocycles. The number of aliphatic imine (C=N–C) groups is 1. The van der Waals surface area contributed by atoms with Gasteiger partial charge in [0.15, 0.2) is 5.96 Å². The predicted molar refractivity (Wildman–Crippen MR) is 136 cm³/mol. The molecule has 9 heteroatoms. The van der Waals surface area contributed by atoms with E-state index >= 15 is 0 Å². The van der Waals surface area contributed by atoms with E-state index in [0.717, 1.165) is 38.3 Å². The van der Waals surface area contributed by atoms with Gasteiger partial charge in [-0.1, -0.05) is 37.3 Å². The van der Waals surface area contributed by atoms with Gasteiger partial charge in [-0.2, -0.15) is 0 Å². The molecular formula is C21H38IN5O2S. The normalized spacial score (nSPS) is 20.6. The fraction of sp³-hybridized carbons (Fsp3) is 0.667. The molecule has 0 saturated carbocycles. The molecule has 30 heavy (non-hydrogen) atoms. The third-order valence-corrected chi connectivity index (χ3v) is 6.88. The van der Waals surface area contributed by atoms with Gasteiger partial charge in [-0.25, -0.2) is 12.7 Å². The predicted octanol–water partition coefficient (Wildman–Crippen LogP) is 2.49. The average molecular weight is 552 g/mol. The summed E-state index contributed by atoms with van der Waals surface area (Å²) < 4.78 is 24.8. The SMILES string of the molecule is CCN(CCCNC(=NC)NC1CCN(Cc2ccccc2)C(C)C1)S(C)(=O)=O.I. The highest BCUT2D eigenvalue weighted by molar-refractivity contribution is 14.0. The Morgan fingerprint density at radius 3 is 2.57 bits per heavy atom. The van der Waals surface area contributed by atoms with Crippen LogP contribution in [0.5, 0.6) is 0 Å². The number of nitrogens with zero attached hydrogens (tertiary/aromatic N) is 3. The highest BCUT2D eigenvalue weighted by Gasteiger charge is 2.26. The standard InChI is InChI=1S/C21H37N5O2S.HI/c1-5-26(29(4,27)28)14-9-13-23-21(22-3)24-20-12-15-25(18(2)16-20)17-19-10-7-6-8-11-19;/h6-8,10-11,18,20H,5,9,12-17H2,1-4H3,(H2,22,23,24);1H. The number of rotatable bonds is 9. The van der Waals surface area contributed by atoms with E-state index in [1.807, 2.05) is 6.92 Å². The summed E-state index contributed by atoms with van der Waals surface area (Å²) >= 11 is 0. The smallest absolute Gasteiger partial charge is 0.211 e. The van der Waals surface area contributed by atoms with E-state index in [-0.39, 0.29) is 24.0 Å². The van der Waals surface area contributed by atoms with Gasteiger partial charge in [0.1, 0.15) is 0 Å². The van der Waals surface area contributed by atoms with E-state index in [1.165, 1.54) is 16.1 Å². The zero-order valence-electron chi connectivity index (χ0n) is 18.7. The van der Waals surface area contributed by atoms with Crippen LogP contribution in [0.1, 0.15) is 38.7 Å². The van der Waals surface area contributed by atoms with Crippen LogP contribution in [0.15, 0.2) is 35.3 Å². The Morgan fingerprint density at radius 1 is 1.30 bits per heavy atom. The number of benzene rings is 1. The number of hydrogen-bond acceptors (Lipinski definition) is 4. The Hall–Kier alpha value is -0.910. The minimum absolute atomic E-state index is 0. The summed E-state index contributed by atoms with van der Waals surface area (Å²) in [6.45, 7) is 7.92. The zero-order valence-corrected chi connectivity index (χ0v) is 21.8. The van der Waals surface area contributed by atoms with Gasteiger partial charge in [0, 0.05) is 51.9 Å². The Balaban J connectivity index is 0.00000450. The van der Waals surface area contributed by atoms with Crippen molar-refractivity contribution in [1.29, 1.82) is 0 Å². The van der Waals surface area contributed by atoms with Gasteiger partial charge in [-0.3, -0.25) is 9.89 Å². The molecule has 1 saturated heterocycles. The summed E-state index contributed by atoms with van der Waals surface area (Å²) in [4.78, 5) is 6.86. The van der Waals surface area contributed by atoms with E-state index in [0.29, 0.717) is 31.7 Å². The van der Waals surface area contributed by atoms with Crippen LogP contribution < -0.4 is 10.6 Å². The largest absolute Gasteiger partial charge is 0.356 e. The van der Waals surface area contributed by atoms with Crippen LogP contribution in [-0.2, 0) is 16.6 Å². The molecule has 1 aromatic rings. The van der Waals surface area contributed by atoms with Crippen molar-refractivity contribution in [3.63, 3.8) is 0 Å². The van der Waals surface area contributed by atoms with Gasteiger partial charge < -0.3 is 10.6 Å². The number of nitrogens with one attached hydrogen (secondary N) is 2. The number of piperidine rings is 1. The summed E-state index contributed by atoms with van der Waals surface area (Å²) in [5, 5.41) is 6.85. The molecule has 2 rings (SSSR count). The minimum Gasteiger partial charge on any atom is -0.356 e. The first kappa shape index (κ1) is 27.1. The Labute approximate surface area is 199 Å². The second kappa shape index (κ2) is 13.5. The van der Waals surface area contributed by atoms with Crippen LogP contribution in [0.4, 0.5) is 0 Å². The molecule has 0 bridgehead atoms. The molecule has 2 atom stereocenters. The molecule has 0 aliphatic carbocycles. The van der Waals surface area contributed by atoms with Crippen molar-refractivity contribution >= 4 is 40.0 Å². The number of sulfonamides is 1. The molecule has 172 valence electrons. The second-order valence-corrected chi connectivity index (χ2v) is 9.76. The van der Waals surface area contributed by atoms with Crippen molar-refractivity contribution in [1.82, 2.24) is 19.8 Å². The number of guanidine groups is 1. The van der Waals surface area contributed by atoms with Gasteiger partial charge in [0.25, 0.3) is 0 Å². The zero-order chi connectivity index (χ0) is 21.3. The highest BCUT2D eigenvalue weighted by atomic mass is 127. The fourth-order valence-electron chi connectivity index (χ4n) is 3.81. The van der Waals surface area contributed by atoms with Crippen LogP contribution in [-0.4, -0.2) is 75.1 Å². The first-order chi connectivity index (χ1) is 13.8. The Kier molecular flexibility index (Phi) is 12.2. The van der Waals surface area contributed by atoms with Crippen molar-refractivity contribution in [3.8, 4) is 0 Å². The van der Waals surface area contributed by atoms with Crippen LogP contribution in [0.3, 0.4) is 0 Å². The van der Waals surface area contributed by atoms with Gasteiger partial charge in [-0.15, -0.1) is 24.0 Å². The molecule has 1 heterocycles. The van der Waals surface area contributed by atoms with Crippen LogP contribution in [0.2, 0.25) is 0 Å². The van der Waals surface area contributed by atoms with Crippen molar-refractivity contribution in [2.75, 3.05) is 39.5 Å². The molecule has 1 fully saturated rings. The van der Waals surface area contributed by atoms with Crippen molar-refractivity contribution in [3.05, 3.63) is 35.9 Å². The lowest BCUT2D eigenvalue weighted by atomic mass is 9.97. The van der Waals surface area contributed by atoms with Crippen molar-refractivity contribution < 1.29 is 8.42 Å². The molecule has 0 radical (unpaired) electrons. The monoisotopic (exact) mass is 551 g/mol. The van der Waals surface area contributed by atoms with Crippen molar-refractivity contribution in [2.24, 2.45) is 4.99 Å². The average Bonchev–Trinajstić information content (AvgIpc) is 2.69. The van der Waals surface area contributed by atoms with Crippen molar-refractivity contribution in [2.45, 2.75) is 51.7 Å². The second-order valence-electron chi connectivity index (χ2n) is 7.78.